The minimum absolute atomic E-state index is 0.0520. The molecule has 31 heavy (non-hydrogen) atoms. The quantitative estimate of drug-likeness (QED) is 0.431. The standard InChI is InChI=1S/C22H25N5O3S/c1-29-18-11-10-15(12-19(18)30-2)21-25-26-22(27(21)23)31-13-20(28)24-17-9-5-7-14-6-3-4-8-16(14)17/h3-4,6,8,10-12,17H,5,7,9,13,23H2,1-2H3,(H,24,28)/t17-/m1/s1. The van der Waals surface area contributed by atoms with E-state index >= 15 is 0 Å². The van der Waals surface area contributed by atoms with Crippen LogP contribution in [0.3, 0.4) is 0 Å². The van der Waals surface area contributed by atoms with Crippen LogP contribution in [-0.4, -0.2) is 40.8 Å². The molecule has 0 fully saturated rings. The number of aryl methyl sites for hydroxylation is 1. The van der Waals surface area contributed by atoms with E-state index < -0.39 is 0 Å². The summed E-state index contributed by atoms with van der Waals surface area (Å²) in [5.74, 6) is 8.02. The lowest BCUT2D eigenvalue weighted by atomic mass is 9.88. The van der Waals surface area contributed by atoms with Crippen molar-refractivity contribution in [2.24, 2.45) is 0 Å². The van der Waals surface area contributed by atoms with Crippen LogP contribution in [0.1, 0.15) is 30.0 Å². The van der Waals surface area contributed by atoms with E-state index in [9.17, 15) is 4.79 Å². The lowest BCUT2D eigenvalue weighted by Gasteiger charge is -2.26. The number of nitrogens with two attached hydrogens (primary N) is 1. The van der Waals surface area contributed by atoms with Crippen molar-refractivity contribution in [3.05, 3.63) is 53.6 Å². The molecule has 0 saturated carbocycles. The number of carbonyl (C=O) groups is 1. The molecule has 0 spiro atoms. The molecule has 0 unspecified atom stereocenters. The summed E-state index contributed by atoms with van der Waals surface area (Å²) in [6.45, 7) is 0. The molecule has 1 aliphatic rings. The molecule has 3 aromatic rings. The maximum atomic E-state index is 12.6. The molecule has 162 valence electrons. The van der Waals surface area contributed by atoms with Crippen molar-refractivity contribution in [3.63, 3.8) is 0 Å². The number of nitrogens with zero attached hydrogens (tertiary/aromatic N) is 3. The van der Waals surface area contributed by atoms with Crippen LogP contribution in [0, 0.1) is 0 Å². The number of nitrogens with one attached hydrogen (secondary N) is 1. The van der Waals surface area contributed by atoms with E-state index in [4.69, 9.17) is 15.3 Å². The zero-order valence-electron chi connectivity index (χ0n) is 17.5. The van der Waals surface area contributed by atoms with E-state index in [2.05, 4.69) is 27.6 Å². The fraction of sp³-hybridized carbons (Fsp3) is 0.318. The van der Waals surface area contributed by atoms with Gasteiger partial charge in [0.25, 0.3) is 0 Å². The van der Waals surface area contributed by atoms with Crippen molar-refractivity contribution in [2.45, 2.75) is 30.5 Å². The lowest BCUT2D eigenvalue weighted by molar-refractivity contribution is -0.119. The summed E-state index contributed by atoms with van der Waals surface area (Å²) in [6.07, 6.45) is 3.08. The van der Waals surface area contributed by atoms with Crippen LogP contribution >= 0.6 is 11.8 Å². The predicted molar refractivity (Wildman–Crippen MR) is 120 cm³/mol. The van der Waals surface area contributed by atoms with Crippen molar-refractivity contribution in [1.29, 1.82) is 0 Å². The molecular weight excluding hydrogens is 414 g/mol. The summed E-state index contributed by atoms with van der Waals surface area (Å²) in [7, 11) is 3.15. The Morgan fingerprint density at radius 2 is 2.00 bits per heavy atom. The Labute approximate surface area is 185 Å². The average Bonchev–Trinajstić information content (AvgIpc) is 3.17. The number of carbonyl (C=O) groups excluding carboxylic acids is 1. The maximum Gasteiger partial charge on any atom is 0.230 e. The highest BCUT2D eigenvalue weighted by Crippen LogP contribution is 2.32. The van der Waals surface area contributed by atoms with Crippen LogP contribution in [0.4, 0.5) is 0 Å². The number of nitrogen functional groups attached to an aromatic ring is 1. The number of amides is 1. The Morgan fingerprint density at radius 1 is 1.19 bits per heavy atom. The summed E-state index contributed by atoms with van der Waals surface area (Å²) in [4.78, 5) is 12.6. The van der Waals surface area contributed by atoms with E-state index in [1.165, 1.54) is 27.6 Å². The van der Waals surface area contributed by atoms with E-state index in [0.29, 0.717) is 22.5 Å². The summed E-state index contributed by atoms with van der Waals surface area (Å²) in [5, 5.41) is 11.9. The summed E-state index contributed by atoms with van der Waals surface area (Å²) < 4.78 is 12.0. The van der Waals surface area contributed by atoms with Gasteiger partial charge in [0.05, 0.1) is 26.0 Å². The Kier molecular flexibility index (Phi) is 6.31. The van der Waals surface area contributed by atoms with Gasteiger partial charge in [-0.1, -0.05) is 36.0 Å². The molecule has 1 heterocycles. The molecule has 1 amide bonds. The first-order valence-corrected chi connectivity index (χ1v) is 11.0. The van der Waals surface area contributed by atoms with Gasteiger partial charge in [-0.3, -0.25) is 4.79 Å². The number of hydrogen-bond donors (Lipinski definition) is 2. The molecule has 1 atom stereocenters. The molecule has 0 aliphatic heterocycles. The van der Waals surface area contributed by atoms with E-state index in [1.54, 1.807) is 26.4 Å². The fourth-order valence-electron chi connectivity index (χ4n) is 3.82. The Hall–Kier alpha value is -3.20. The van der Waals surface area contributed by atoms with Crippen LogP contribution in [0.2, 0.25) is 0 Å². The number of thioether (sulfide) groups is 1. The van der Waals surface area contributed by atoms with E-state index in [1.807, 2.05) is 18.2 Å². The van der Waals surface area contributed by atoms with Gasteiger partial charge in [-0.25, -0.2) is 4.68 Å². The van der Waals surface area contributed by atoms with Gasteiger partial charge in [-0.15, -0.1) is 10.2 Å². The van der Waals surface area contributed by atoms with Crippen molar-refractivity contribution in [1.82, 2.24) is 20.2 Å². The largest absolute Gasteiger partial charge is 0.493 e. The summed E-state index contributed by atoms with van der Waals surface area (Å²) >= 11 is 1.25. The van der Waals surface area contributed by atoms with Gasteiger partial charge in [0.2, 0.25) is 11.1 Å². The van der Waals surface area contributed by atoms with E-state index in [-0.39, 0.29) is 17.7 Å². The first kappa shape index (κ1) is 21.0. The van der Waals surface area contributed by atoms with Gasteiger partial charge < -0.3 is 20.6 Å². The summed E-state index contributed by atoms with van der Waals surface area (Å²) in [6, 6.07) is 13.7. The van der Waals surface area contributed by atoms with Crippen LogP contribution in [-0.2, 0) is 11.2 Å². The molecule has 8 nitrogen and oxygen atoms in total. The minimum Gasteiger partial charge on any atom is -0.493 e. The number of methoxy groups -OCH3 is 2. The molecule has 0 radical (unpaired) electrons. The molecule has 9 heteroatoms. The molecule has 2 aromatic carbocycles. The number of rotatable bonds is 7. The van der Waals surface area contributed by atoms with Gasteiger partial charge in [0.15, 0.2) is 17.3 Å². The van der Waals surface area contributed by atoms with Gasteiger partial charge >= 0.3 is 0 Å². The zero-order chi connectivity index (χ0) is 21.8. The highest BCUT2D eigenvalue weighted by Gasteiger charge is 2.22. The van der Waals surface area contributed by atoms with Gasteiger partial charge in [0, 0.05) is 5.56 Å². The van der Waals surface area contributed by atoms with Gasteiger partial charge in [-0.05, 0) is 48.6 Å². The van der Waals surface area contributed by atoms with Crippen LogP contribution in [0.25, 0.3) is 11.4 Å². The van der Waals surface area contributed by atoms with Crippen molar-refractivity contribution in [2.75, 3.05) is 25.8 Å². The monoisotopic (exact) mass is 439 g/mol. The fourth-order valence-corrected chi connectivity index (χ4v) is 4.49. The molecule has 1 aliphatic carbocycles. The van der Waals surface area contributed by atoms with E-state index in [0.717, 1.165) is 24.8 Å². The Morgan fingerprint density at radius 3 is 2.81 bits per heavy atom. The number of aromatic nitrogens is 3. The Balaban J connectivity index is 1.41. The topological polar surface area (TPSA) is 104 Å². The molecule has 0 saturated heterocycles. The van der Waals surface area contributed by atoms with Crippen LogP contribution in [0.5, 0.6) is 11.5 Å². The average molecular weight is 440 g/mol. The van der Waals surface area contributed by atoms with Crippen molar-refractivity contribution in [3.8, 4) is 22.9 Å². The molecule has 1 aromatic heterocycles. The number of fused-ring (bicyclic) bond motifs is 1. The molecule has 3 N–H and O–H groups in total. The highest BCUT2D eigenvalue weighted by atomic mass is 32.2. The van der Waals surface area contributed by atoms with Crippen molar-refractivity contribution < 1.29 is 14.3 Å². The van der Waals surface area contributed by atoms with Crippen molar-refractivity contribution >= 4 is 17.7 Å². The second kappa shape index (κ2) is 9.30. The lowest BCUT2D eigenvalue weighted by Crippen LogP contribution is -2.32. The second-order valence-corrected chi connectivity index (χ2v) is 8.19. The van der Waals surface area contributed by atoms with Crippen LogP contribution < -0.4 is 20.6 Å². The third kappa shape index (κ3) is 4.46. The number of benzene rings is 2. The Bertz CT molecular complexity index is 1080. The normalized spacial score (nSPS) is 15.2. The highest BCUT2D eigenvalue weighted by molar-refractivity contribution is 7.99. The third-order valence-corrected chi connectivity index (χ3v) is 6.29. The minimum atomic E-state index is -0.0534. The zero-order valence-corrected chi connectivity index (χ0v) is 18.3. The molecule has 4 rings (SSSR count). The second-order valence-electron chi connectivity index (χ2n) is 7.25. The molecular formula is C22H25N5O3S. The predicted octanol–water partition coefficient (Wildman–Crippen LogP) is 2.96. The first-order chi connectivity index (χ1) is 15.1. The summed E-state index contributed by atoms with van der Waals surface area (Å²) in [5.41, 5.74) is 3.26. The SMILES string of the molecule is COc1ccc(-c2nnc(SCC(=O)N[C@@H]3CCCc4ccccc43)n2N)cc1OC. The molecule has 0 bridgehead atoms. The van der Waals surface area contributed by atoms with Gasteiger partial charge in [-0.2, -0.15) is 0 Å². The smallest absolute Gasteiger partial charge is 0.230 e. The van der Waals surface area contributed by atoms with Crippen LogP contribution in [0.15, 0.2) is 47.6 Å². The number of hydrogen-bond acceptors (Lipinski definition) is 7. The number of ether oxygens (including phenoxy) is 2. The maximum absolute atomic E-state index is 12.6. The third-order valence-electron chi connectivity index (χ3n) is 5.34. The first-order valence-electron chi connectivity index (χ1n) is 10.0. The van der Waals surface area contributed by atoms with Gasteiger partial charge in [0.1, 0.15) is 0 Å².